The van der Waals surface area contributed by atoms with E-state index < -0.39 is 0 Å². The maximum absolute atomic E-state index is 10.00. The SMILES string of the molecule is Cc1cccc(-c2nn(Cc3ccccc3)cc2CNCC2CNCC2O)c1.Cl. The molecule has 0 amide bonds. The smallest absolute Gasteiger partial charge is 0.0968 e. The molecule has 0 aliphatic carbocycles. The lowest BCUT2D eigenvalue weighted by Crippen LogP contribution is -2.30. The van der Waals surface area contributed by atoms with Gasteiger partial charge < -0.3 is 15.7 Å². The van der Waals surface area contributed by atoms with Gasteiger partial charge in [-0.05, 0) is 18.6 Å². The zero-order chi connectivity index (χ0) is 19.3. The summed E-state index contributed by atoms with van der Waals surface area (Å²) in [5.74, 6) is 0.266. The van der Waals surface area contributed by atoms with Crippen LogP contribution < -0.4 is 10.6 Å². The lowest BCUT2D eigenvalue weighted by molar-refractivity contribution is 0.146. The molecule has 2 unspecified atom stereocenters. The number of aromatic nitrogens is 2. The molecule has 1 fully saturated rings. The highest BCUT2D eigenvalue weighted by Crippen LogP contribution is 2.23. The first-order valence-electron chi connectivity index (χ1n) is 9.96. The maximum atomic E-state index is 10.00. The number of nitrogens with zero attached hydrogens (tertiary/aromatic N) is 2. The number of aliphatic hydroxyl groups excluding tert-OH is 1. The van der Waals surface area contributed by atoms with E-state index in [1.807, 2.05) is 10.7 Å². The molecule has 1 aliphatic heterocycles. The molecule has 1 aliphatic rings. The number of halogens is 1. The molecule has 0 radical (unpaired) electrons. The highest BCUT2D eigenvalue weighted by molar-refractivity contribution is 5.85. The average Bonchev–Trinajstić information content (AvgIpc) is 3.29. The van der Waals surface area contributed by atoms with Crippen LogP contribution in [-0.2, 0) is 13.1 Å². The van der Waals surface area contributed by atoms with E-state index in [0.717, 1.165) is 37.4 Å². The Hall–Kier alpha value is -2.18. The number of hydrogen-bond donors (Lipinski definition) is 3. The Bertz CT molecular complexity index is 912. The molecule has 0 saturated carbocycles. The molecule has 3 N–H and O–H groups in total. The topological polar surface area (TPSA) is 62.1 Å². The Morgan fingerprint density at radius 3 is 2.69 bits per heavy atom. The molecular weight excluding hydrogens is 384 g/mol. The molecule has 29 heavy (non-hydrogen) atoms. The van der Waals surface area contributed by atoms with Crippen LogP contribution in [0.4, 0.5) is 0 Å². The Morgan fingerprint density at radius 1 is 1.14 bits per heavy atom. The van der Waals surface area contributed by atoms with Crippen molar-refractivity contribution in [2.45, 2.75) is 26.1 Å². The van der Waals surface area contributed by atoms with Gasteiger partial charge in [0.1, 0.15) is 0 Å². The van der Waals surface area contributed by atoms with E-state index in [9.17, 15) is 5.11 Å². The van der Waals surface area contributed by atoms with Gasteiger partial charge in [0, 0.05) is 49.4 Å². The third-order valence-electron chi connectivity index (χ3n) is 5.34. The fraction of sp³-hybridized carbons (Fsp3) is 0.348. The van der Waals surface area contributed by atoms with Crippen LogP contribution in [0.3, 0.4) is 0 Å². The first-order chi connectivity index (χ1) is 13.7. The summed E-state index contributed by atoms with van der Waals surface area (Å²) in [5.41, 5.74) is 5.82. The number of benzene rings is 2. The number of β-amino-alcohol motifs (C(OH)–C–C–N with tert-alkyl or cyclic N) is 1. The van der Waals surface area contributed by atoms with E-state index in [1.54, 1.807) is 0 Å². The minimum atomic E-state index is -0.260. The molecule has 1 aromatic heterocycles. The first kappa shape index (κ1) is 21.5. The monoisotopic (exact) mass is 412 g/mol. The number of aliphatic hydroxyl groups is 1. The van der Waals surface area contributed by atoms with Crippen molar-refractivity contribution in [2.24, 2.45) is 5.92 Å². The molecule has 154 valence electrons. The van der Waals surface area contributed by atoms with Crippen molar-refractivity contribution in [2.75, 3.05) is 19.6 Å². The quantitative estimate of drug-likeness (QED) is 0.558. The molecule has 6 heteroatoms. The second kappa shape index (κ2) is 10.0. The standard InChI is InChI=1S/C23H28N4O.ClH/c1-17-6-5-9-19(10-17)23-21(13-24-11-20-12-25-14-22(20)28)16-27(26-23)15-18-7-3-2-4-8-18;/h2-10,16,20,22,24-25,28H,11-15H2,1H3;1H. The minimum absolute atomic E-state index is 0. The summed E-state index contributed by atoms with van der Waals surface area (Å²) >= 11 is 0. The van der Waals surface area contributed by atoms with E-state index in [0.29, 0.717) is 6.54 Å². The van der Waals surface area contributed by atoms with Crippen molar-refractivity contribution in [3.63, 3.8) is 0 Å². The summed E-state index contributed by atoms with van der Waals surface area (Å²) in [6.45, 7) is 5.95. The summed E-state index contributed by atoms with van der Waals surface area (Å²) in [6.07, 6.45) is 1.88. The van der Waals surface area contributed by atoms with Crippen molar-refractivity contribution in [3.8, 4) is 11.3 Å². The summed E-state index contributed by atoms with van der Waals surface area (Å²) in [7, 11) is 0. The predicted molar refractivity (Wildman–Crippen MR) is 119 cm³/mol. The van der Waals surface area contributed by atoms with Gasteiger partial charge in [0.15, 0.2) is 0 Å². The number of nitrogens with one attached hydrogen (secondary N) is 2. The Morgan fingerprint density at radius 2 is 1.97 bits per heavy atom. The minimum Gasteiger partial charge on any atom is -0.391 e. The Kier molecular flexibility index (Phi) is 7.45. The van der Waals surface area contributed by atoms with E-state index >= 15 is 0 Å². The van der Waals surface area contributed by atoms with Gasteiger partial charge in [-0.25, -0.2) is 0 Å². The third-order valence-corrected chi connectivity index (χ3v) is 5.34. The molecule has 4 rings (SSSR count). The highest BCUT2D eigenvalue weighted by Gasteiger charge is 2.24. The first-order valence-corrected chi connectivity index (χ1v) is 9.96. The highest BCUT2D eigenvalue weighted by atomic mass is 35.5. The van der Waals surface area contributed by atoms with Gasteiger partial charge in [-0.1, -0.05) is 54.1 Å². The van der Waals surface area contributed by atoms with Gasteiger partial charge in [-0.3, -0.25) is 4.68 Å². The van der Waals surface area contributed by atoms with Crippen LogP contribution in [0.1, 0.15) is 16.7 Å². The van der Waals surface area contributed by atoms with Crippen LogP contribution in [0.5, 0.6) is 0 Å². The maximum Gasteiger partial charge on any atom is 0.0968 e. The molecule has 2 heterocycles. The van der Waals surface area contributed by atoms with Crippen LogP contribution in [0.2, 0.25) is 0 Å². The van der Waals surface area contributed by atoms with Gasteiger partial charge in [0.2, 0.25) is 0 Å². The van der Waals surface area contributed by atoms with Crippen molar-refractivity contribution < 1.29 is 5.11 Å². The van der Waals surface area contributed by atoms with Crippen molar-refractivity contribution >= 4 is 12.4 Å². The zero-order valence-electron chi connectivity index (χ0n) is 16.7. The van der Waals surface area contributed by atoms with Gasteiger partial charge in [0.05, 0.1) is 18.3 Å². The second-order valence-corrected chi connectivity index (χ2v) is 7.67. The van der Waals surface area contributed by atoms with Crippen molar-refractivity contribution in [3.05, 3.63) is 77.5 Å². The Labute approximate surface area is 178 Å². The summed E-state index contributed by atoms with van der Waals surface area (Å²) in [5, 5.41) is 21.7. The van der Waals surface area contributed by atoms with E-state index in [-0.39, 0.29) is 24.4 Å². The molecule has 1 saturated heterocycles. The predicted octanol–water partition coefficient (Wildman–Crippen LogP) is 3.00. The second-order valence-electron chi connectivity index (χ2n) is 7.67. The van der Waals surface area contributed by atoms with Crippen LogP contribution in [-0.4, -0.2) is 40.6 Å². The lowest BCUT2D eigenvalue weighted by Gasteiger charge is -2.14. The summed E-state index contributed by atoms with van der Waals surface area (Å²) < 4.78 is 2.02. The average molecular weight is 413 g/mol. The molecule has 2 aromatic carbocycles. The fourth-order valence-corrected chi connectivity index (χ4v) is 3.80. The van der Waals surface area contributed by atoms with E-state index in [4.69, 9.17) is 5.10 Å². The molecule has 0 bridgehead atoms. The van der Waals surface area contributed by atoms with Gasteiger partial charge in [0.25, 0.3) is 0 Å². The molecule has 5 nitrogen and oxygen atoms in total. The van der Waals surface area contributed by atoms with Crippen LogP contribution in [0.15, 0.2) is 60.8 Å². The number of hydrogen-bond acceptors (Lipinski definition) is 4. The van der Waals surface area contributed by atoms with Gasteiger partial charge in [-0.15, -0.1) is 12.4 Å². The summed E-state index contributed by atoms with van der Waals surface area (Å²) in [6, 6.07) is 18.9. The number of aryl methyl sites for hydroxylation is 1. The van der Waals surface area contributed by atoms with Gasteiger partial charge >= 0.3 is 0 Å². The zero-order valence-corrected chi connectivity index (χ0v) is 17.5. The van der Waals surface area contributed by atoms with Crippen molar-refractivity contribution in [1.29, 1.82) is 0 Å². The molecule has 0 spiro atoms. The Balaban J connectivity index is 0.00000240. The largest absolute Gasteiger partial charge is 0.391 e. The normalized spacial score (nSPS) is 18.6. The molecule has 3 aromatic rings. The van der Waals surface area contributed by atoms with Crippen LogP contribution >= 0.6 is 12.4 Å². The van der Waals surface area contributed by atoms with E-state index in [2.05, 4.69) is 72.3 Å². The van der Waals surface area contributed by atoms with Gasteiger partial charge in [-0.2, -0.15) is 5.10 Å². The fourth-order valence-electron chi connectivity index (χ4n) is 3.80. The molecular formula is C23H29ClN4O. The lowest BCUT2D eigenvalue weighted by atomic mass is 10.0. The van der Waals surface area contributed by atoms with E-state index in [1.165, 1.54) is 16.7 Å². The summed E-state index contributed by atoms with van der Waals surface area (Å²) in [4.78, 5) is 0. The van der Waals surface area contributed by atoms with Crippen LogP contribution in [0, 0.1) is 12.8 Å². The van der Waals surface area contributed by atoms with Crippen molar-refractivity contribution in [1.82, 2.24) is 20.4 Å². The molecule has 2 atom stereocenters. The number of rotatable bonds is 7. The van der Waals surface area contributed by atoms with Crippen LogP contribution in [0.25, 0.3) is 11.3 Å². The third kappa shape index (κ3) is 5.46.